The Kier molecular flexibility index (Phi) is 8.81. The Balaban J connectivity index is 1.67. The number of rotatable bonds is 9. The highest BCUT2D eigenvalue weighted by molar-refractivity contribution is 9.10. The summed E-state index contributed by atoms with van der Waals surface area (Å²) in [5, 5.41) is 0. The second-order valence-corrected chi connectivity index (χ2v) is 14.6. The van der Waals surface area contributed by atoms with Gasteiger partial charge in [-0.25, -0.2) is 16.8 Å². The molecule has 0 amide bonds. The number of sulfonamides is 1. The molecule has 0 aliphatic carbocycles. The highest BCUT2D eigenvalue weighted by Crippen LogP contribution is 2.29. The minimum atomic E-state index is -3.79. The van der Waals surface area contributed by atoms with Crippen LogP contribution in [0.3, 0.4) is 0 Å². The van der Waals surface area contributed by atoms with E-state index in [2.05, 4.69) is 15.9 Å². The molecule has 8 heteroatoms. The monoisotopic (exact) mass is 625 g/mol. The first-order valence-corrected chi connectivity index (χ1v) is 16.7. The smallest absolute Gasteiger partial charge is 0.224 e. The van der Waals surface area contributed by atoms with E-state index >= 15 is 0 Å². The third-order valence-corrected chi connectivity index (χ3v) is 10.7. The summed E-state index contributed by atoms with van der Waals surface area (Å²) >= 11 is 3.58. The van der Waals surface area contributed by atoms with Gasteiger partial charge < -0.3 is 0 Å². The standard InChI is InChI=1S/C31H32BrNO4S2/c1-22-18-23(2)31(24(3)19-22)39(36,37)33(17-16-27-8-5-6-11-30(27)32)21-25-12-14-26(15-13-25)28-9-7-10-29(20-28)38(4,34)35/h5-15,18-20H,16-17,21H2,1-4H3. The minimum absolute atomic E-state index is 0.212. The fourth-order valence-corrected chi connectivity index (χ4v) is 7.84. The Morgan fingerprint density at radius 3 is 2.00 bits per heavy atom. The van der Waals surface area contributed by atoms with Crippen LogP contribution in [-0.2, 0) is 32.8 Å². The summed E-state index contributed by atoms with van der Waals surface area (Å²) in [6.07, 6.45) is 1.75. The minimum Gasteiger partial charge on any atom is -0.224 e. The average molecular weight is 627 g/mol. The predicted octanol–water partition coefficient (Wildman–Crippen LogP) is 6.88. The van der Waals surface area contributed by atoms with Gasteiger partial charge in [0.2, 0.25) is 10.0 Å². The van der Waals surface area contributed by atoms with Crippen LogP contribution in [0.15, 0.2) is 99.2 Å². The maximum Gasteiger partial charge on any atom is 0.243 e. The number of hydrogen-bond donors (Lipinski definition) is 0. The number of halogens is 1. The van der Waals surface area contributed by atoms with Crippen LogP contribution in [-0.4, -0.2) is 33.9 Å². The van der Waals surface area contributed by atoms with Crippen LogP contribution in [0.1, 0.15) is 27.8 Å². The summed E-state index contributed by atoms with van der Waals surface area (Å²) in [6, 6.07) is 26.1. The second kappa shape index (κ2) is 11.8. The molecular weight excluding hydrogens is 594 g/mol. The number of aryl methyl sites for hydroxylation is 3. The fraction of sp³-hybridized carbons (Fsp3) is 0.226. The van der Waals surface area contributed by atoms with Crippen LogP contribution in [0, 0.1) is 20.8 Å². The lowest BCUT2D eigenvalue weighted by molar-refractivity contribution is 0.408. The van der Waals surface area contributed by atoms with Gasteiger partial charge >= 0.3 is 0 Å². The van der Waals surface area contributed by atoms with Crippen molar-refractivity contribution in [3.8, 4) is 11.1 Å². The molecule has 4 rings (SSSR count). The summed E-state index contributed by atoms with van der Waals surface area (Å²) in [7, 11) is -7.11. The average Bonchev–Trinajstić information content (AvgIpc) is 2.86. The Morgan fingerprint density at radius 1 is 0.744 bits per heavy atom. The summed E-state index contributed by atoms with van der Waals surface area (Å²) in [6.45, 7) is 6.18. The van der Waals surface area contributed by atoms with Crippen molar-refractivity contribution in [2.24, 2.45) is 0 Å². The van der Waals surface area contributed by atoms with E-state index in [1.807, 2.05) is 87.5 Å². The quantitative estimate of drug-likeness (QED) is 0.203. The summed E-state index contributed by atoms with van der Waals surface area (Å²) in [5.41, 5.74) is 6.02. The number of hydrogen-bond acceptors (Lipinski definition) is 4. The Morgan fingerprint density at radius 2 is 1.38 bits per heavy atom. The van der Waals surface area contributed by atoms with Gasteiger partial charge in [-0.2, -0.15) is 4.31 Å². The third-order valence-electron chi connectivity index (χ3n) is 6.70. The molecular formula is C31H32BrNO4S2. The maximum atomic E-state index is 14.1. The van der Waals surface area contributed by atoms with Crippen LogP contribution in [0.2, 0.25) is 0 Å². The normalized spacial score (nSPS) is 12.2. The van der Waals surface area contributed by atoms with Crippen molar-refractivity contribution in [2.75, 3.05) is 12.8 Å². The Bertz CT molecular complexity index is 1690. The molecule has 0 radical (unpaired) electrons. The zero-order valence-corrected chi connectivity index (χ0v) is 25.7. The lowest BCUT2D eigenvalue weighted by Gasteiger charge is -2.25. The van der Waals surface area contributed by atoms with Gasteiger partial charge in [0.05, 0.1) is 9.79 Å². The molecule has 204 valence electrons. The highest BCUT2D eigenvalue weighted by atomic mass is 79.9. The lowest BCUT2D eigenvalue weighted by Crippen LogP contribution is -2.33. The van der Waals surface area contributed by atoms with Crippen LogP contribution in [0.25, 0.3) is 11.1 Å². The Labute approximate surface area is 240 Å². The molecule has 0 N–H and O–H groups in total. The molecule has 0 atom stereocenters. The molecule has 0 unspecified atom stereocenters. The van der Waals surface area contributed by atoms with Crippen molar-refractivity contribution < 1.29 is 16.8 Å². The first-order valence-electron chi connectivity index (χ1n) is 12.6. The van der Waals surface area contributed by atoms with Gasteiger partial charge in [-0.1, -0.05) is 88.2 Å². The predicted molar refractivity (Wildman–Crippen MR) is 161 cm³/mol. The summed E-state index contributed by atoms with van der Waals surface area (Å²) < 4.78 is 54.6. The van der Waals surface area contributed by atoms with E-state index in [-0.39, 0.29) is 11.4 Å². The van der Waals surface area contributed by atoms with Gasteiger partial charge in [0, 0.05) is 23.8 Å². The molecule has 0 bridgehead atoms. The van der Waals surface area contributed by atoms with Crippen molar-refractivity contribution in [3.63, 3.8) is 0 Å². The lowest BCUT2D eigenvalue weighted by atomic mass is 10.0. The third kappa shape index (κ3) is 6.87. The van der Waals surface area contributed by atoms with Gasteiger partial charge in [-0.3, -0.25) is 0 Å². The summed E-state index contributed by atoms with van der Waals surface area (Å²) in [4.78, 5) is 0.617. The molecule has 0 saturated carbocycles. The van der Waals surface area contributed by atoms with Gasteiger partial charge in [0.25, 0.3) is 0 Å². The van der Waals surface area contributed by atoms with E-state index in [0.717, 1.165) is 43.4 Å². The first-order chi connectivity index (χ1) is 18.4. The fourth-order valence-electron chi connectivity index (χ4n) is 4.85. The maximum absolute atomic E-state index is 14.1. The summed E-state index contributed by atoms with van der Waals surface area (Å²) in [5.74, 6) is 0. The topological polar surface area (TPSA) is 71.5 Å². The molecule has 0 heterocycles. The molecule has 4 aromatic rings. The number of nitrogens with zero attached hydrogens (tertiary/aromatic N) is 1. The van der Waals surface area contributed by atoms with Crippen LogP contribution in [0.4, 0.5) is 0 Å². The molecule has 0 aliphatic heterocycles. The van der Waals surface area contributed by atoms with Crippen LogP contribution < -0.4 is 0 Å². The number of sulfone groups is 1. The van der Waals surface area contributed by atoms with Gasteiger partial charge in [0.1, 0.15) is 0 Å². The van der Waals surface area contributed by atoms with Crippen molar-refractivity contribution in [3.05, 3.63) is 117 Å². The molecule has 0 fully saturated rings. The number of benzene rings is 4. The van der Waals surface area contributed by atoms with Gasteiger partial charge in [-0.05, 0) is 78.8 Å². The second-order valence-electron chi connectivity index (χ2n) is 9.90. The molecule has 4 aromatic carbocycles. The van der Waals surface area contributed by atoms with E-state index in [9.17, 15) is 16.8 Å². The highest BCUT2D eigenvalue weighted by Gasteiger charge is 2.28. The molecule has 5 nitrogen and oxygen atoms in total. The Hall–Kier alpha value is -2.78. The van der Waals surface area contributed by atoms with Gasteiger partial charge in [-0.15, -0.1) is 0 Å². The van der Waals surface area contributed by atoms with Crippen molar-refractivity contribution >= 4 is 35.8 Å². The van der Waals surface area contributed by atoms with E-state index in [4.69, 9.17) is 0 Å². The van der Waals surface area contributed by atoms with Crippen molar-refractivity contribution in [2.45, 2.75) is 43.5 Å². The largest absolute Gasteiger partial charge is 0.243 e. The van der Waals surface area contributed by atoms with Crippen molar-refractivity contribution in [1.29, 1.82) is 0 Å². The van der Waals surface area contributed by atoms with E-state index in [1.54, 1.807) is 22.5 Å². The van der Waals surface area contributed by atoms with Crippen LogP contribution in [0.5, 0.6) is 0 Å². The van der Waals surface area contributed by atoms with Gasteiger partial charge in [0.15, 0.2) is 9.84 Å². The van der Waals surface area contributed by atoms with E-state index in [0.29, 0.717) is 17.9 Å². The SMILES string of the molecule is Cc1cc(C)c(S(=O)(=O)N(CCc2ccccc2Br)Cc2ccc(-c3cccc(S(C)(=O)=O)c3)cc2)c(C)c1. The zero-order valence-electron chi connectivity index (χ0n) is 22.5. The zero-order chi connectivity index (χ0) is 28.4. The van der Waals surface area contributed by atoms with Crippen molar-refractivity contribution in [1.82, 2.24) is 4.31 Å². The van der Waals surface area contributed by atoms with E-state index < -0.39 is 19.9 Å². The molecule has 0 aromatic heterocycles. The van der Waals surface area contributed by atoms with Crippen LogP contribution >= 0.6 is 15.9 Å². The molecule has 0 saturated heterocycles. The van der Waals surface area contributed by atoms with E-state index in [1.165, 1.54) is 6.26 Å². The molecule has 39 heavy (non-hydrogen) atoms. The molecule has 0 aliphatic rings. The molecule has 0 spiro atoms. The first kappa shape index (κ1) is 29.2.